The number of hydrogen-bond acceptors (Lipinski definition) is 5. The molecule has 36 heavy (non-hydrogen) atoms. The van der Waals surface area contributed by atoms with Crippen molar-refractivity contribution in [3.05, 3.63) is 88.9 Å². The van der Waals surface area contributed by atoms with E-state index in [1.807, 2.05) is 24.3 Å². The molecule has 0 unspecified atom stereocenters. The molecule has 0 aliphatic heterocycles. The van der Waals surface area contributed by atoms with Crippen molar-refractivity contribution in [3.63, 3.8) is 0 Å². The summed E-state index contributed by atoms with van der Waals surface area (Å²) in [4.78, 5) is 12.8. The van der Waals surface area contributed by atoms with Crippen LogP contribution in [-0.2, 0) is 20.2 Å². The highest BCUT2D eigenvalue weighted by atomic mass is 35.5. The smallest absolute Gasteiger partial charge is 0.264 e. The highest BCUT2D eigenvalue weighted by molar-refractivity contribution is 7.92. The number of carbonyl (C=O) groups is 1. The van der Waals surface area contributed by atoms with Crippen LogP contribution in [0.1, 0.15) is 38.8 Å². The van der Waals surface area contributed by atoms with Gasteiger partial charge in [0.05, 0.1) is 23.4 Å². The minimum absolute atomic E-state index is 0.0182. The van der Waals surface area contributed by atoms with Crippen LogP contribution in [0.25, 0.3) is 0 Å². The molecule has 0 saturated heterocycles. The summed E-state index contributed by atoms with van der Waals surface area (Å²) >= 11 is 5.99. The van der Waals surface area contributed by atoms with Crippen molar-refractivity contribution in [2.24, 2.45) is 5.10 Å². The Hall–Kier alpha value is -3.36. The molecule has 0 aromatic heterocycles. The summed E-state index contributed by atoms with van der Waals surface area (Å²) in [5.41, 5.74) is 5.43. The largest absolute Gasteiger partial charge is 0.497 e. The molecule has 190 valence electrons. The average Bonchev–Trinajstić information content (AvgIpc) is 2.86. The molecule has 1 N–H and O–H groups in total. The van der Waals surface area contributed by atoms with Gasteiger partial charge in [0.15, 0.2) is 0 Å². The first-order valence-corrected chi connectivity index (χ1v) is 13.1. The van der Waals surface area contributed by atoms with E-state index in [2.05, 4.69) is 31.3 Å². The molecule has 0 atom stereocenters. The zero-order valence-electron chi connectivity index (χ0n) is 20.9. The Morgan fingerprint density at radius 3 is 2.08 bits per heavy atom. The van der Waals surface area contributed by atoms with Gasteiger partial charge in [0, 0.05) is 5.02 Å². The molecule has 0 heterocycles. The number of nitrogens with one attached hydrogen (secondary N) is 1. The van der Waals surface area contributed by atoms with Crippen LogP contribution in [-0.4, -0.2) is 33.7 Å². The molecule has 0 bridgehead atoms. The fourth-order valence-corrected chi connectivity index (χ4v) is 4.93. The van der Waals surface area contributed by atoms with Gasteiger partial charge >= 0.3 is 0 Å². The second-order valence-corrected chi connectivity index (χ2v) is 11.5. The number of benzene rings is 3. The molecule has 3 aromatic carbocycles. The van der Waals surface area contributed by atoms with Crippen molar-refractivity contribution in [1.82, 2.24) is 5.43 Å². The number of hydrazone groups is 1. The van der Waals surface area contributed by atoms with Crippen molar-refractivity contribution in [2.45, 2.75) is 38.0 Å². The number of methoxy groups -OCH3 is 1. The molecule has 0 aliphatic rings. The number of carbonyl (C=O) groups excluding carboxylic acids is 1. The van der Waals surface area contributed by atoms with Gasteiger partial charge in [0.2, 0.25) is 0 Å². The normalized spacial score (nSPS) is 12.2. The lowest BCUT2D eigenvalue weighted by Gasteiger charge is -2.24. The minimum atomic E-state index is -4.07. The quantitative estimate of drug-likeness (QED) is 0.314. The van der Waals surface area contributed by atoms with E-state index < -0.39 is 22.5 Å². The SMILES string of the molecule is COc1ccc(S(=O)(=O)N(CC(=O)N/N=C(/C)c2ccc(C(C)(C)C)cc2)c2ccc(Cl)cc2)cc1. The van der Waals surface area contributed by atoms with E-state index in [9.17, 15) is 13.2 Å². The molecular formula is C27H30ClN3O4S. The Labute approximate surface area is 217 Å². The van der Waals surface area contributed by atoms with Crippen molar-refractivity contribution in [3.8, 4) is 5.75 Å². The Morgan fingerprint density at radius 1 is 0.972 bits per heavy atom. The molecule has 9 heteroatoms. The predicted molar refractivity (Wildman–Crippen MR) is 144 cm³/mol. The molecule has 0 radical (unpaired) electrons. The lowest BCUT2D eigenvalue weighted by molar-refractivity contribution is -0.119. The number of anilines is 1. The summed E-state index contributed by atoms with van der Waals surface area (Å²) < 4.78 is 33.1. The van der Waals surface area contributed by atoms with Crippen LogP contribution in [0.15, 0.2) is 82.8 Å². The molecular weight excluding hydrogens is 498 g/mol. The van der Waals surface area contributed by atoms with Crippen molar-refractivity contribution >= 4 is 38.9 Å². The van der Waals surface area contributed by atoms with Crippen molar-refractivity contribution in [1.29, 1.82) is 0 Å². The van der Waals surface area contributed by atoms with Gasteiger partial charge in [-0.05, 0) is 72.0 Å². The zero-order valence-corrected chi connectivity index (χ0v) is 22.5. The fraction of sp³-hybridized carbons (Fsp3) is 0.259. The molecule has 3 rings (SSSR count). The molecule has 0 spiro atoms. The first-order valence-electron chi connectivity index (χ1n) is 11.3. The monoisotopic (exact) mass is 527 g/mol. The summed E-state index contributed by atoms with van der Waals surface area (Å²) in [6.07, 6.45) is 0. The summed E-state index contributed by atoms with van der Waals surface area (Å²) in [6.45, 7) is 7.70. The molecule has 1 amide bonds. The van der Waals surface area contributed by atoms with Crippen LogP contribution in [0.3, 0.4) is 0 Å². The zero-order chi connectivity index (χ0) is 26.5. The van der Waals surface area contributed by atoms with Gasteiger partial charge in [-0.25, -0.2) is 13.8 Å². The highest BCUT2D eigenvalue weighted by Crippen LogP contribution is 2.26. The second-order valence-electron chi connectivity index (χ2n) is 9.22. The number of nitrogens with zero attached hydrogens (tertiary/aromatic N) is 2. The maximum atomic E-state index is 13.5. The van der Waals surface area contributed by atoms with Gasteiger partial charge in [0.25, 0.3) is 15.9 Å². The van der Waals surface area contributed by atoms with E-state index in [4.69, 9.17) is 16.3 Å². The molecule has 3 aromatic rings. The van der Waals surface area contributed by atoms with Gasteiger partial charge in [-0.1, -0.05) is 56.6 Å². The Balaban J connectivity index is 1.83. The van der Waals surface area contributed by atoms with E-state index in [1.165, 1.54) is 24.8 Å². The van der Waals surface area contributed by atoms with Crippen LogP contribution in [0.4, 0.5) is 5.69 Å². The third kappa shape index (κ3) is 6.65. The van der Waals surface area contributed by atoms with Crippen molar-refractivity contribution in [2.75, 3.05) is 18.0 Å². The van der Waals surface area contributed by atoms with Crippen molar-refractivity contribution < 1.29 is 17.9 Å². The number of ether oxygens (including phenoxy) is 1. The third-order valence-corrected chi connectivity index (χ3v) is 7.61. The first kappa shape index (κ1) is 27.2. The molecule has 0 saturated carbocycles. The standard InChI is InChI=1S/C27H30ClN3O4S/c1-19(20-6-8-21(9-7-20)27(2,3)4)29-30-26(32)18-31(23-12-10-22(28)11-13-23)36(33,34)25-16-14-24(35-5)15-17-25/h6-17H,18H2,1-5H3,(H,30,32)/b29-19-. The minimum Gasteiger partial charge on any atom is -0.497 e. The van der Waals surface area contributed by atoms with Crippen LogP contribution in [0, 0.1) is 0 Å². The van der Waals surface area contributed by atoms with E-state index in [-0.39, 0.29) is 10.3 Å². The van der Waals surface area contributed by atoms with E-state index in [0.29, 0.717) is 22.2 Å². The summed E-state index contributed by atoms with van der Waals surface area (Å²) in [7, 11) is -2.58. The molecule has 0 fully saturated rings. The third-order valence-electron chi connectivity index (χ3n) is 5.57. The van der Waals surface area contributed by atoms with Gasteiger partial charge in [-0.2, -0.15) is 5.10 Å². The maximum Gasteiger partial charge on any atom is 0.264 e. The Kier molecular flexibility index (Phi) is 8.43. The number of hydrogen-bond donors (Lipinski definition) is 1. The lowest BCUT2D eigenvalue weighted by Crippen LogP contribution is -2.39. The number of halogens is 1. The fourth-order valence-electron chi connectivity index (χ4n) is 3.39. The Morgan fingerprint density at radius 2 is 1.56 bits per heavy atom. The summed E-state index contributed by atoms with van der Waals surface area (Å²) in [6, 6.07) is 20.1. The number of sulfonamides is 1. The average molecular weight is 528 g/mol. The van der Waals surface area contributed by atoms with Crippen LogP contribution in [0.5, 0.6) is 5.75 Å². The maximum absolute atomic E-state index is 13.5. The number of rotatable bonds is 8. The van der Waals surface area contributed by atoms with Crippen LogP contribution >= 0.6 is 11.6 Å². The van der Waals surface area contributed by atoms with Gasteiger partial charge in [0.1, 0.15) is 12.3 Å². The lowest BCUT2D eigenvalue weighted by atomic mass is 9.86. The van der Waals surface area contributed by atoms with E-state index in [1.54, 1.807) is 43.3 Å². The second kappa shape index (κ2) is 11.1. The summed E-state index contributed by atoms with van der Waals surface area (Å²) in [5.74, 6) is -0.0715. The summed E-state index contributed by atoms with van der Waals surface area (Å²) in [5, 5.41) is 4.63. The topological polar surface area (TPSA) is 88.1 Å². The predicted octanol–water partition coefficient (Wildman–Crippen LogP) is 5.38. The molecule has 0 aliphatic carbocycles. The van der Waals surface area contributed by atoms with Gasteiger partial charge < -0.3 is 4.74 Å². The van der Waals surface area contributed by atoms with Crippen LogP contribution < -0.4 is 14.5 Å². The van der Waals surface area contributed by atoms with E-state index >= 15 is 0 Å². The first-order chi connectivity index (χ1) is 16.9. The number of amides is 1. The van der Waals surface area contributed by atoms with Gasteiger partial charge in [-0.15, -0.1) is 0 Å². The van der Waals surface area contributed by atoms with Gasteiger partial charge in [-0.3, -0.25) is 9.10 Å². The Bertz CT molecular complexity index is 1330. The van der Waals surface area contributed by atoms with E-state index in [0.717, 1.165) is 9.87 Å². The molecule has 7 nitrogen and oxygen atoms in total. The highest BCUT2D eigenvalue weighted by Gasteiger charge is 2.27. The van der Waals surface area contributed by atoms with Crippen LogP contribution in [0.2, 0.25) is 5.02 Å².